The van der Waals surface area contributed by atoms with E-state index in [1.807, 2.05) is 24.3 Å². The van der Waals surface area contributed by atoms with Crippen molar-refractivity contribution in [1.82, 2.24) is 0 Å². The van der Waals surface area contributed by atoms with Crippen LogP contribution in [0.3, 0.4) is 0 Å². The van der Waals surface area contributed by atoms with Crippen molar-refractivity contribution in [2.45, 2.75) is 12.8 Å². The smallest absolute Gasteiger partial charge is 0.0988 e. The van der Waals surface area contributed by atoms with Crippen molar-refractivity contribution in [3.63, 3.8) is 0 Å². The highest BCUT2D eigenvalue weighted by molar-refractivity contribution is 6.17. The molecule has 5 aromatic rings. The Morgan fingerprint density at radius 3 is 1.59 bits per heavy atom. The van der Waals surface area contributed by atoms with Gasteiger partial charge in [0.05, 0.1) is 12.1 Å². The summed E-state index contributed by atoms with van der Waals surface area (Å²) in [6, 6.07) is 34.3. The summed E-state index contributed by atoms with van der Waals surface area (Å²) in [7, 11) is 0. The predicted octanol–water partition coefficient (Wildman–Crippen LogP) is 11.0. The van der Waals surface area contributed by atoms with E-state index in [1.54, 1.807) is 12.2 Å². The Bertz CT molecular complexity index is 2100. The van der Waals surface area contributed by atoms with Gasteiger partial charge < -0.3 is 0 Å². The van der Waals surface area contributed by atoms with Crippen LogP contribution in [-0.4, -0.2) is 0 Å². The molecule has 0 saturated carbocycles. The van der Waals surface area contributed by atoms with Crippen LogP contribution >= 0.6 is 0 Å². The molecular weight excluding hydrogens is 532 g/mol. The normalized spacial score (nSPS) is 11.5. The molecule has 0 bridgehead atoms. The van der Waals surface area contributed by atoms with Crippen molar-refractivity contribution in [3.8, 4) is 34.4 Å². The Morgan fingerprint density at radius 2 is 1.07 bits per heavy atom. The molecule has 0 fully saturated rings. The predicted molar refractivity (Wildman–Crippen MR) is 188 cm³/mol. The molecule has 0 aliphatic heterocycles. The lowest BCUT2D eigenvalue weighted by Crippen LogP contribution is -1.94. The number of hydrogen-bond donors (Lipinski definition) is 0. The Labute approximate surface area is 259 Å². The zero-order valence-electron chi connectivity index (χ0n) is 24.7. The fourth-order valence-corrected chi connectivity index (χ4v) is 5.74. The minimum atomic E-state index is 0.565. The maximum Gasteiger partial charge on any atom is 0.0988 e. The first kappa shape index (κ1) is 29.5. The molecule has 0 N–H and O–H groups in total. The third kappa shape index (κ3) is 5.84. The lowest BCUT2D eigenvalue weighted by Gasteiger charge is -2.18. The van der Waals surface area contributed by atoms with Crippen molar-refractivity contribution < 1.29 is 0 Å². The van der Waals surface area contributed by atoms with Gasteiger partial charge in [-0.15, -0.1) is 0 Å². The van der Waals surface area contributed by atoms with E-state index in [-0.39, 0.29) is 0 Å². The number of allylic oxidation sites excluding steroid dienone is 6. The van der Waals surface area contributed by atoms with Crippen molar-refractivity contribution >= 4 is 33.7 Å². The maximum absolute atomic E-state index is 9.30. The second kappa shape index (κ2) is 13.3. The Hall–Kier alpha value is -5.96. The molecule has 5 rings (SSSR count). The Morgan fingerprint density at radius 1 is 0.545 bits per heavy atom. The van der Waals surface area contributed by atoms with Gasteiger partial charge in [-0.1, -0.05) is 136 Å². The summed E-state index contributed by atoms with van der Waals surface area (Å²) >= 11 is 0. The first-order valence-corrected chi connectivity index (χ1v) is 14.5. The fourth-order valence-electron chi connectivity index (χ4n) is 5.74. The van der Waals surface area contributed by atoms with E-state index in [2.05, 4.69) is 123 Å². The zero-order chi connectivity index (χ0) is 31.1. The SMILES string of the molecule is C=C/C(C#N)=C\Cc1cccc(-c2cc3c(cc(-c4cccc(C/C=C(/C#N)C=C)c4)c4ccccc43)c(C=C)c2C=C)c1. The van der Waals surface area contributed by atoms with Crippen LogP contribution < -0.4 is 0 Å². The number of nitriles is 2. The quantitative estimate of drug-likeness (QED) is 0.0962. The molecule has 0 aliphatic carbocycles. The highest BCUT2D eigenvalue weighted by Gasteiger charge is 2.16. The molecule has 0 unspecified atom stereocenters. The van der Waals surface area contributed by atoms with E-state index in [0.29, 0.717) is 24.0 Å². The molecule has 44 heavy (non-hydrogen) atoms. The van der Waals surface area contributed by atoms with Crippen molar-refractivity contribution in [2.24, 2.45) is 0 Å². The van der Waals surface area contributed by atoms with Gasteiger partial charge in [0.2, 0.25) is 0 Å². The van der Waals surface area contributed by atoms with E-state index >= 15 is 0 Å². The second-order valence-corrected chi connectivity index (χ2v) is 10.5. The first-order chi connectivity index (χ1) is 21.5. The van der Waals surface area contributed by atoms with Crippen molar-refractivity contribution in [3.05, 3.63) is 169 Å². The van der Waals surface area contributed by atoms with Crippen molar-refractivity contribution in [2.75, 3.05) is 0 Å². The van der Waals surface area contributed by atoms with Gasteiger partial charge in [-0.25, -0.2) is 0 Å². The van der Waals surface area contributed by atoms with Crippen molar-refractivity contribution in [1.29, 1.82) is 10.5 Å². The van der Waals surface area contributed by atoms with E-state index in [1.165, 1.54) is 0 Å². The maximum atomic E-state index is 9.30. The summed E-state index contributed by atoms with van der Waals surface area (Å²) in [5.74, 6) is 0. The van der Waals surface area contributed by atoms with Gasteiger partial charge in [-0.2, -0.15) is 10.5 Å². The molecule has 0 radical (unpaired) electrons. The summed E-state index contributed by atoms with van der Waals surface area (Å²) < 4.78 is 0. The monoisotopic (exact) mass is 564 g/mol. The number of nitrogens with zero attached hydrogens (tertiary/aromatic N) is 2. The molecule has 0 amide bonds. The molecule has 2 nitrogen and oxygen atoms in total. The minimum absolute atomic E-state index is 0.565. The molecule has 5 aromatic carbocycles. The van der Waals surface area contributed by atoms with Gasteiger partial charge in [-0.05, 0) is 91.0 Å². The first-order valence-electron chi connectivity index (χ1n) is 14.5. The number of rotatable bonds is 10. The summed E-state index contributed by atoms with van der Waals surface area (Å²) in [4.78, 5) is 0. The topological polar surface area (TPSA) is 47.6 Å². The fraction of sp³-hybridized carbons (Fsp3) is 0.0476. The van der Waals surface area contributed by atoms with E-state index in [9.17, 15) is 10.5 Å². The zero-order valence-corrected chi connectivity index (χ0v) is 24.7. The molecular formula is C42H32N2. The molecule has 2 heteroatoms. The Balaban J connectivity index is 1.72. The third-order valence-electron chi connectivity index (χ3n) is 7.94. The molecule has 210 valence electrons. The highest BCUT2D eigenvalue weighted by Crippen LogP contribution is 2.41. The number of hydrogen-bond acceptors (Lipinski definition) is 2. The molecule has 0 spiro atoms. The number of benzene rings is 5. The van der Waals surface area contributed by atoms with Crippen LogP contribution in [0.1, 0.15) is 22.3 Å². The third-order valence-corrected chi connectivity index (χ3v) is 7.94. The van der Waals surface area contributed by atoms with Crippen LogP contribution in [0.4, 0.5) is 0 Å². The van der Waals surface area contributed by atoms with Gasteiger partial charge in [-0.3, -0.25) is 0 Å². The van der Waals surface area contributed by atoms with Gasteiger partial charge in [0.25, 0.3) is 0 Å². The lowest BCUT2D eigenvalue weighted by atomic mass is 9.85. The average Bonchev–Trinajstić information content (AvgIpc) is 3.08. The largest absolute Gasteiger partial charge is 0.192 e. The van der Waals surface area contributed by atoms with Crippen LogP contribution in [0.15, 0.2) is 147 Å². The van der Waals surface area contributed by atoms with Crippen LogP contribution in [0.5, 0.6) is 0 Å². The highest BCUT2D eigenvalue weighted by atomic mass is 14.2. The van der Waals surface area contributed by atoms with E-state index < -0.39 is 0 Å². The van der Waals surface area contributed by atoms with Gasteiger partial charge in [0.1, 0.15) is 0 Å². The lowest BCUT2D eigenvalue weighted by molar-refractivity contribution is 1.26. The summed E-state index contributed by atoms with van der Waals surface area (Å²) in [6.07, 6.45) is 12.1. The molecule has 0 aliphatic rings. The summed E-state index contributed by atoms with van der Waals surface area (Å²) in [5, 5.41) is 23.2. The van der Waals surface area contributed by atoms with Crippen LogP contribution in [-0.2, 0) is 12.8 Å². The van der Waals surface area contributed by atoms with Gasteiger partial charge >= 0.3 is 0 Å². The van der Waals surface area contributed by atoms with Crippen LogP contribution in [0, 0.1) is 22.7 Å². The van der Waals surface area contributed by atoms with Crippen LogP contribution in [0.2, 0.25) is 0 Å². The Kier molecular flexibility index (Phi) is 8.96. The molecule has 0 heterocycles. The van der Waals surface area contributed by atoms with Gasteiger partial charge in [0, 0.05) is 11.1 Å². The van der Waals surface area contributed by atoms with Gasteiger partial charge in [0.15, 0.2) is 0 Å². The molecule has 0 saturated heterocycles. The van der Waals surface area contributed by atoms with E-state index in [0.717, 1.165) is 66.1 Å². The minimum Gasteiger partial charge on any atom is -0.192 e. The molecule has 0 atom stereocenters. The summed E-state index contributed by atoms with van der Waals surface area (Å²) in [5.41, 5.74) is 9.84. The van der Waals surface area contributed by atoms with E-state index in [4.69, 9.17) is 0 Å². The molecule has 0 aromatic heterocycles. The number of fused-ring (bicyclic) bond motifs is 3. The summed E-state index contributed by atoms with van der Waals surface area (Å²) in [6.45, 7) is 15.9. The van der Waals surface area contributed by atoms with Crippen LogP contribution in [0.25, 0.3) is 56.0 Å². The standard InChI is InChI=1S/C42H32N2/c1-5-29(27-43)19-21-31-13-11-15-33(23-31)39-25-42-38-18-10-9-17-37(38)40(26-41(42)36(8-4)35(39)7-3)34-16-12-14-32(24-34)22-20-30(6-2)28-44/h5-20,23-26H,1-4,21-22H2/b29-19+,30-20+. The average molecular weight is 565 g/mol. The second-order valence-electron chi connectivity index (χ2n) is 10.5.